The maximum Gasteiger partial charge on any atom is 0.100 e. The molecule has 0 amide bonds. The minimum absolute atomic E-state index is 0.205. The number of aliphatic hydroxyl groups excluding tert-OH is 1. The molecule has 0 aromatic heterocycles. The van der Waals surface area contributed by atoms with E-state index in [1.165, 1.54) is 0 Å². The summed E-state index contributed by atoms with van der Waals surface area (Å²) >= 11 is 0. The summed E-state index contributed by atoms with van der Waals surface area (Å²) in [5.41, 5.74) is 0.923. The fourth-order valence-corrected chi connectivity index (χ4v) is 1.29. The zero-order valence-electron chi connectivity index (χ0n) is 9.03. The zero-order valence-corrected chi connectivity index (χ0v) is 9.03. The summed E-state index contributed by atoms with van der Waals surface area (Å²) in [6, 6.07) is 0. The smallest absolute Gasteiger partial charge is 0.100 e. The summed E-state index contributed by atoms with van der Waals surface area (Å²) in [6.07, 6.45) is 8.38. The molecule has 1 rings (SSSR count). The summed E-state index contributed by atoms with van der Waals surface area (Å²) < 4.78 is 5.58. The molecule has 14 heavy (non-hydrogen) atoms. The lowest BCUT2D eigenvalue weighted by atomic mass is 10.1. The molecule has 2 heteroatoms. The maximum atomic E-state index is 9.38. The number of rotatable bonds is 3. The van der Waals surface area contributed by atoms with E-state index in [1.807, 2.05) is 38.2 Å². The van der Waals surface area contributed by atoms with Crippen LogP contribution in [0.4, 0.5) is 0 Å². The van der Waals surface area contributed by atoms with E-state index < -0.39 is 6.10 Å². The first-order chi connectivity index (χ1) is 6.59. The number of hydrogen-bond acceptors (Lipinski definition) is 2. The van der Waals surface area contributed by atoms with Crippen molar-refractivity contribution in [2.75, 3.05) is 0 Å². The lowest BCUT2D eigenvalue weighted by Gasteiger charge is -2.10. The summed E-state index contributed by atoms with van der Waals surface area (Å²) in [6.45, 7) is 5.78. The van der Waals surface area contributed by atoms with Crippen LogP contribution in [-0.2, 0) is 4.74 Å². The van der Waals surface area contributed by atoms with E-state index in [9.17, 15) is 5.11 Å². The summed E-state index contributed by atoms with van der Waals surface area (Å²) in [7, 11) is 0. The lowest BCUT2D eigenvalue weighted by Crippen LogP contribution is -2.01. The molecule has 0 aromatic carbocycles. The molecule has 1 aliphatic carbocycles. The van der Waals surface area contributed by atoms with Gasteiger partial charge < -0.3 is 9.84 Å². The third-order valence-electron chi connectivity index (χ3n) is 1.96. The number of allylic oxidation sites excluding steroid dienone is 3. The van der Waals surface area contributed by atoms with Crippen molar-refractivity contribution < 1.29 is 9.84 Å². The molecule has 2 nitrogen and oxygen atoms in total. The lowest BCUT2D eigenvalue weighted by molar-refractivity contribution is 0.144. The molecule has 1 atom stereocenters. The van der Waals surface area contributed by atoms with Gasteiger partial charge in [-0.3, -0.25) is 0 Å². The Labute approximate surface area is 85.6 Å². The van der Waals surface area contributed by atoms with Crippen LogP contribution in [0.1, 0.15) is 27.2 Å². The Balaban J connectivity index is 2.70. The topological polar surface area (TPSA) is 29.5 Å². The van der Waals surface area contributed by atoms with Gasteiger partial charge in [0.05, 0.1) is 12.2 Å². The average molecular weight is 194 g/mol. The second-order valence-electron chi connectivity index (χ2n) is 3.75. The Bertz CT molecular complexity index is 270. The van der Waals surface area contributed by atoms with Crippen LogP contribution in [0.5, 0.6) is 0 Å². The van der Waals surface area contributed by atoms with Crippen molar-refractivity contribution in [3.8, 4) is 0 Å². The molecule has 0 fully saturated rings. The van der Waals surface area contributed by atoms with Gasteiger partial charge in [-0.2, -0.15) is 0 Å². The van der Waals surface area contributed by atoms with Crippen LogP contribution in [0.25, 0.3) is 0 Å². The molecule has 0 aromatic rings. The third-order valence-corrected chi connectivity index (χ3v) is 1.96. The Morgan fingerprint density at radius 3 is 2.57 bits per heavy atom. The zero-order chi connectivity index (χ0) is 10.6. The molecule has 0 radical (unpaired) electrons. The normalized spacial score (nSPS) is 18.6. The summed E-state index contributed by atoms with van der Waals surface area (Å²) in [5, 5.41) is 9.38. The second-order valence-corrected chi connectivity index (χ2v) is 3.75. The largest absolute Gasteiger partial charge is 0.495 e. The Morgan fingerprint density at radius 2 is 2.00 bits per heavy atom. The van der Waals surface area contributed by atoms with Crippen molar-refractivity contribution in [3.63, 3.8) is 0 Å². The summed E-state index contributed by atoms with van der Waals surface area (Å²) in [5.74, 6) is 0.951. The van der Waals surface area contributed by atoms with Crippen LogP contribution < -0.4 is 0 Å². The predicted octanol–water partition coefficient (Wildman–Crippen LogP) is 2.56. The predicted molar refractivity (Wildman–Crippen MR) is 57.8 cm³/mol. The minimum atomic E-state index is -0.416. The van der Waals surface area contributed by atoms with Crippen LogP contribution in [0.2, 0.25) is 0 Å². The molecule has 0 saturated heterocycles. The van der Waals surface area contributed by atoms with Crippen molar-refractivity contribution in [1.82, 2.24) is 0 Å². The monoisotopic (exact) mass is 194 g/mol. The average Bonchev–Trinajstić information content (AvgIpc) is 2.28. The van der Waals surface area contributed by atoms with Crippen molar-refractivity contribution >= 4 is 0 Å². The highest BCUT2D eigenvalue weighted by Gasteiger charge is 2.05. The van der Waals surface area contributed by atoms with Crippen LogP contribution in [0, 0.1) is 0 Å². The van der Waals surface area contributed by atoms with Gasteiger partial charge in [0.15, 0.2) is 0 Å². The first-order valence-electron chi connectivity index (χ1n) is 5.01. The minimum Gasteiger partial charge on any atom is -0.495 e. The number of hydrogen-bond donors (Lipinski definition) is 1. The van der Waals surface area contributed by atoms with E-state index in [2.05, 4.69) is 0 Å². The van der Waals surface area contributed by atoms with Crippen molar-refractivity contribution in [2.24, 2.45) is 0 Å². The van der Waals surface area contributed by atoms with Gasteiger partial charge in [0, 0.05) is 6.42 Å². The van der Waals surface area contributed by atoms with Gasteiger partial charge in [-0.05, 0) is 32.4 Å². The third kappa shape index (κ3) is 3.38. The number of aliphatic hydroxyl groups is 1. The standard InChI is InChI=1S/C12H18O2/c1-9(2)14-12-6-4-5-11(7-8-12)10(3)13/h4-5,7-10,13H,6H2,1-3H3. The van der Waals surface area contributed by atoms with Crippen molar-refractivity contribution in [2.45, 2.75) is 39.4 Å². The fourth-order valence-electron chi connectivity index (χ4n) is 1.29. The Hall–Kier alpha value is -1.02. The van der Waals surface area contributed by atoms with Gasteiger partial charge in [-0.15, -0.1) is 0 Å². The molecule has 78 valence electrons. The van der Waals surface area contributed by atoms with E-state index in [1.54, 1.807) is 6.92 Å². The molecule has 0 bridgehead atoms. The quantitative estimate of drug-likeness (QED) is 0.748. The first kappa shape index (κ1) is 11.1. The first-order valence-corrected chi connectivity index (χ1v) is 5.01. The highest BCUT2D eigenvalue weighted by atomic mass is 16.5. The van der Waals surface area contributed by atoms with E-state index in [0.29, 0.717) is 0 Å². The molecule has 0 spiro atoms. The van der Waals surface area contributed by atoms with Crippen LogP contribution in [-0.4, -0.2) is 17.3 Å². The SMILES string of the molecule is CC(C)OC1=CC=C(C(C)O)C=CC1. The molecule has 1 N–H and O–H groups in total. The van der Waals surface area contributed by atoms with Gasteiger partial charge in [-0.1, -0.05) is 18.2 Å². The Morgan fingerprint density at radius 1 is 1.29 bits per heavy atom. The van der Waals surface area contributed by atoms with Gasteiger partial charge >= 0.3 is 0 Å². The fraction of sp³-hybridized carbons (Fsp3) is 0.500. The van der Waals surface area contributed by atoms with Crippen LogP contribution >= 0.6 is 0 Å². The van der Waals surface area contributed by atoms with Gasteiger partial charge in [0.1, 0.15) is 5.76 Å². The Kier molecular flexibility index (Phi) is 3.96. The van der Waals surface area contributed by atoms with E-state index >= 15 is 0 Å². The summed E-state index contributed by atoms with van der Waals surface area (Å²) in [4.78, 5) is 0. The molecule has 0 heterocycles. The van der Waals surface area contributed by atoms with Gasteiger partial charge in [0.25, 0.3) is 0 Å². The van der Waals surface area contributed by atoms with Gasteiger partial charge in [0.2, 0.25) is 0 Å². The van der Waals surface area contributed by atoms with E-state index in [0.717, 1.165) is 17.8 Å². The molecule has 1 unspecified atom stereocenters. The highest BCUT2D eigenvalue weighted by Crippen LogP contribution is 2.15. The van der Waals surface area contributed by atoms with Crippen LogP contribution in [0.3, 0.4) is 0 Å². The molecular formula is C12H18O2. The molecular weight excluding hydrogens is 176 g/mol. The van der Waals surface area contributed by atoms with E-state index in [4.69, 9.17) is 4.74 Å². The van der Waals surface area contributed by atoms with Crippen molar-refractivity contribution in [3.05, 3.63) is 35.6 Å². The van der Waals surface area contributed by atoms with Crippen LogP contribution in [0.15, 0.2) is 35.6 Å². The molecule has 1 aliphatic rings. The molecule has 0 aliphatic heterocycles. The van der Waals surface area contributed by atoms with E-state index in [-0.39, 0.29) is 6.10 Å². The van der Waals surface area contributed by atoms with Gasteiger partial charge in [-0.25, -0.2) is 0 Å². The highest BCUT2D eigenvalue weighted by molar-refractivity contribution is 5.31. The maximum absolute atomic E-state index is 9.38. The number of ether oxygens (including phenoxy) is 1. The second kappa shape index (κ2) is 5.01. The molecule has 0 saturated carbocycles. The van der Waals surface area contributed by atoms with Crippen molar-refractivity contribution in [1.29, 1.82) is 0 Å².